The molecule has 0 saturated heterocycles. The first kappa shape index (κ1) is 17.2. The van der Waals surface area contributed by atoms with Gasteiger partial charge in [0.1, 0.15) is 6.04 Å². The Balaban J connectivity index is 2.14. The second kappa shape index (κ2) is 6.97. The Bertz CT molecular complexity index is 768. The van der Waals surface area contributed by atoms with E-state index in [1.54, 1.807) is 30.3 Å². The molecule has 0 amide bonds. The van der Waals surface area contributed by atoms with E-state index in [0.717, 1.165) is 22.1 Å². The zero-order valence-corrected chi connectivity index (χ0v) is 13.5. The maximum Gasteiger partial charge on any atom is 0.327 e. The smallest absolute Gasteiger partial charge is 0.327 e. The van der Waals surface area contributed by atoms with Crippen molar-refractivity contribution in [1.29, 1.82) is 0 Å². The molecule has 1 aromatic carbocycles. The van der Waals surface area contributed by atoms with Crippen LogP contribution in [0.3, 0.4) is 0 Å². The monoisotopic (exact) mass is 355 g/mol. The topological polar surface area (TPSA) is 91.8 Å². The van der Waals surface area contributed by atoms with Crippen LogP contribution in [-0.2, 0) is 19.6 Å². The van der Waals surface area contributed by atoms with Gasteiger partial charge in [0.2, 0.25) is 10.0 Å². The van der Waals surface area contributed by atoms with Crippen molar-refractivity contribution in [1.82, 2.24) is 4.31 Å². The number of carbonyl (C=O) groups excluding carboxylic acids is 1. The lowest BCUT2D eigenvalue weighted by molar-refractivity contribution is -0.142. The molecule has 1 N–H and O–H groups in total. The predicted molar refractivity (Wildman–Crippen MR) is 86.3 cm³/mol. The molecule has 0 saturated carbocycles. The summed E-state index contributed by atoms with van der Waals surface area (Å²) in [7, 11) is -3.88. The molecule has 0 bridgehead atoms. The second-order valence-electron chi connectivity index (χ2n) is 4.90. The van der Waals surface area contributed by atoms with Crippen LogP contribution in [0.4, 0.5) is 0 Å². The highest BCUT2D eigenvalue weighted by atomic mass is 35.5. The van der Waals surface area contributed by atoms with Crippen molar-refractivity contribution in [3.05, 3.63) is 53.2 Å². The van der Waals surface area contributed by atoms with Crippen molar-refractivity contribution in [2.75, 3.05) is 5.75 Å². The zero-order valence-electron chi connectivity index (χ0n) is 11.9. The van der Waals surface area contributed by atoms with Crippen LogP contribution in [0.15, 0.2) is 42.6 Å². The van der Waals surface area contributed by atoms with Gasteiger partial charge in [0.25, 0.3) is 0 Å². The van der Waals surface area contributed by atoms with Crippen LogP contribution in [0, 0.1) is 0 Å². The third-order valence-corrected chi connectivity index (χ3v) is 5.09. The molecule has 1 aliphatic rings. The van der Waals surface area contributed by atoms with Gasteiger partial charge in [-0.25, -0.2) is 13.2 Å². The quantitative estimate of drug-likeness (QED) is 0.871. The van der Waals surface area contributed by atoms with Crippen LogP contribution in [0.25, 0.3) is 6.08 Å². The number of nitrogens with zero attached hydrogens (tertiary/aromatic N) is 1. The molecule has 0 radical (unpaired) electrons. The molecule has 2 rings (SSSR count). The number of carbonyl (C=O) groups is 2. The van der Waals surface area contributed by atoms with Crippen LogP contribution in [0.2, 0.25) is 5.02 Å². The Kier molecular flexibility index (Phi) is 5.23. The highest BCUT2D eigenvalue weighted by Crippen LogP contribution is 2.18. The highest BCUT2D eigenvalue weighted by molar-refractivity contribution is 7.89. The minimum atomic E-state index is -3.88. The van der Waals surface area contributed by atoms with Gasteiger partial charge in [-0.3, -0.25) is 9.10 Å². The summed E-state index contributed by atoms with van der Waals surface area (Å²) in [5, 5.41) is 9.67. The first-order valence-electron chi connectivity index (χ1n) is 6.67. The third kappa shape index (κ3) is 4.43. The Morgan fingerprint density at radius 2 is 2.00 bits per heavy atom. The van der Waals surface area contributed by atoms with Crippen molar-refractivity contribution in [2.45, 2.75) is 12.5 Å². The first-order chi connectivity index (χ1) is 10.8. The number of carboxylic acids is 1. The largest absolute Gasteiger partial charge is 0.480 e. The minimum absolute atomic E-state index is 0.369. The van der Waals surface area contributed by atoms with Crippen LogP contribution >= 0.6 is 11.6 Å². The molecular formula is C15H14ClNO5S. The lowest BCUT2D eigenvalue weighted by Crippen LogP contribution is -2.45. The van der Waals surface area contributed by atoms with Gasteiger partial charge in [0, 0.05) is 17.6 Å². The van der Waals surface area contributed by atoms with Gasteiger partial charge in [-0.15, -0.1) is 0 Å². The number of ketones is 1. The highest BCUT2D eigenvalue weighted by Gasteiger charge is 2.35. The van der Waals surface area contributed by atoms with Gasteiger partial charge >= 0.3 is 5.97 Å². The second-order valence-corrected chi connectivity index (χ2v) is 7.26. The summed E-state index contributed by atoms with van der Waals surface area (Å²) < 4.78 is 25.3. The van der Waals surface area contributed by atoms with Gasteiger partial charge in [-0.2, -0.15) is 0 Å². The van der Waals surface area contributed by atoms with Crippen molar-refractivity contribution in [3.8, 4) is 0 Å². The van der Waals surface area contributed by atoms with Gasteiger partial charge in [0.15, 0.2) is 5.78 Å². The fourth-order valence-corrected chi connectivity index (χ4v) is 3.49. The van der Waals surface area contributed by atoms with Crippen LogP contribution < -0.4 is 0 Å². The molecule has 6 nitrogen and oxygen atoms in total. The summed E-state index contributed by atoms with van der Waals surface area (Å²) in [5.74, 6) is -2.15. The maximum atomic E-state index is 12.3. The Hall–Kier alpha value is -2.12. The number of hydrogen-bond donors (Lipinski definition) is 1. The van der Waals surface area contributed by atoms with E-state index >= 15 is 0 Å². The van der Waals surface area contributed by atoms with Crippen LogP contribution in [0.1, 0.15) is 12.0 Å². The number of allylic oxidation sites excluding steroid dienone is 1. The lowest BCUT2D eigenvalue weighted by atomic mass is 10.1. The number of aliphatic carboxylic acids is 1. The van der Waals surface area contributed by atoms with Crippen molar-refractivity contribution in [3.63, 3.8) is 0 Å². The molecule has 1 atom stereocenters. The number of halogens is 1. The number of benzene rings is 1. The fraction of sp³-hybridized carbons (Fsp3) is 0.200. The van der Waals surface area contributed by atoms with E-state index < -0.39 is 27.8 Å². The van der Waals surface area contributed by atoms with Crippen molar-refractivity contribution >= 4 is 39.5 Å². The maximum absolute atomic E-state index is 12.3. The van der Waals surface area contributed by atoms with E-state index in [1.165, 1.54) is 6.08 Å². The molecule has 1 aromatic rings. The Labute approximate surface area is 138 Å². The van der Waals surface area contributed by atoms with Crippen molar-refractivity contribution < 1.29 is 23.1 Å². The SMILES string of the molecule is O=C1C=CN(S(=O)(=O)CC=Cc2ccc(Cl)cc2)C(C(=O)O)C1. The van der Waals surface area contributed by atoms with E-state index in [9.17, 15) is 18.0 Å². The number of sulfonamides is 1. The standard InChI is InChI=1S/C15H14ClNO5S/c16-12-5-3-11(4-6-12)2-1-9-23(21,22)17-8-7-13(18)10-14(17)15(19)20/h1-8,14H,9-10H2,(H,19,20). The summed E-state index contributed by atoms with van der Waals surface area (Å²) in [5.41, 5.74) is 0.767. The van der Waals surface area contributed by atoms with E-state index in [1.807, 2.05) is 0 Å². The van der Waals surface area contributed by atoms with Crippen molar-refractivity contribution in [2.24, 2.45) is 0 Å². The molecule has 0 aromatic heterocycles. The lowest BCUT2D eigenvalue weighted by Gasteiger charge is -2.28. The van der Waals surface area contributed by atoms with Crippen LogP contribution in [0.5, 0.6) is 0 Å². The molecule has 23 heavy (non-hydrogen) atoms. The fourth-order valence-electron chi connectivity index (χ4n) is 2.06. The van der Waals surface area contributed by atoms with E-state index in [0.29, 0.717) is 5.02 Å². The number of rotatable bonds is 5. The average molecular weight is 356 g/mol. The van der Waals surface area contributed by atoms with Gasteiger partial charge in [-0.1, -0.05) is 35.9 Å². The molecular weight excluding hydrogens is 342 g/mol. The third-order valence-electron chi connectivity index (χ3n) is 3.20. The minimum Gasteiger partial charge on any atom is -0.480 e. The van der Waals surface area contributed by atoms with E-state index in [4.69, 9.17) is 16.7 Å². The first-order valence-corrected chi connectivity index (χ1v) is 8.65. The summed E-state index contributed by atoms with van der Waals surface area (Å²) >= 11 is 5.76. The summed E-state index contributed by atoms with van der Waals surface area (Å²) in [6.45, 7) is 0. The van der Waals surface area contributed by atoms with Crippen LogP contribution in [-0.4, -0.2) is 41.4 Å². The van der Waals surface area contributed by atoms with Gasteiger partial charge in [0.05, 0.1) is 5.75 Å². The predicted octanol–water partition coefficient (Wildman–Crippen LogP) is 1.92. The normalized spacial score (nSPS) is 18.6. The Morgan fingerprint density at radius 1 is 1.35 bits per heavy atom. The van der Waals surface area contributed by atoms with E-state index in [-0.39, 0.29) is 12.2 Å². The molecule has 1 unspecified atom stereocenters. The Morgan fingerprint density at radius 3 is 2.61 bits per heavy atom. The molecule has 1 aliphatic heterocycles. The molecule has 8 heteroatoms. The zero-order chi connectivity index (χ0) is 17.0. The summed E-state index contributed by atoms with van der Waals surface area (Å²) in [6.07, 6.45) is 4.73. The van der Waals surface area contributed by atoms with Gasteiger partial charge in [-0.05, 0) is 23.8 Å². The molecule has 1 heterocycles. The molecule has 0 aliphatic carbocycles. The molecule has 0 fully saturated rings. The molecule has 122 valence electrons. The average Bonchev–Trinajstić information content (AvgIpc) is 2.48. The molecule has 0 spiro atoms. The number of hydrogen-bond acceptors (Lipinski definition) is 4. The summed E-state index contributed by atoms with van der Waals surface area (Å²) in [6, 6.07) is 5.40. The van der Waals surface area contributed by atoms with Gasteiger partial charge < -0.3 is 5.11 Å². The van der Waals surface area contributed by atoms with E-state index in [2.05, 4.69) is 0 Å². The summed E-state index contributed by atoms with van der Waals surface area (Å²) in [4.78, 5) is 22.4. The number of carboxylic acid groups (broad SMARTS) is 1.